The average Bonchev–Trinajstić information content (AvgIpc) is 2.66. The minimum atomic E-state index is -0.441. The Morgan fingerprint density at radius 1 is 1.31 bits per heavy atom. The number of thioether (sulfide) groups is 1. The first kappa shape index (κ1) is 20.2. The molecule has 8 heteroatoms. The monoisotopic (exact) mass is 379 g/mol. The zero-order valence-corrected chi connectivity index (χ0v) is 16.0. The van der Waals surface area contributed by atoms with Crippen molar-refractivity contribution in [2.24, 2.45) is 5.92 Å². The second-order valence-corrected chi connectivity index (χ2v) is 7.82. The maximum Gasteiger partial charge on any atom is 0.269 e. The molecule has 0 radical (unpaired) electrons. The van der Waals surface area contributed by atoms with Gasteiger partial charge in [-0.1, -0.05) is 6.92 Å². The Morgan fingerprint density at radius 2 is 1.92 bits per heavy atom. The number of nitrogens with one attached hydrogen (secondary N) is 1. The van der Waals surface area contributed by atoms with Crippen molar-refractivity contribution in [3.63, 3.8) is 0 Å². The Labute approximate surface area is 157 Å². The van der Waals surface area contributed by atoms with Gasteiger partial charge >= 0.3 is 0 Å². The summed E-state index contributed by atoms with van der Waals surface area (Å²) in [4.78, 5) is 37.5. The summed E-state index contributed by atoms with van der Waals surface area (Å²) in [6, 6.07) is 6.22. The highest BCUT2D eigenvalue weighted by molar-refractivity contribution is 8.00. The van der Waals surface area contributed by atoms with E-state index in [1.54, 1.807) is 12.1 Å². The molecule has 142 valence electrons. The van der Waals surface area contributed by atoms with Gasteiger partial charge in [0.05, 0.1) is 10.2 Å². The van der Waals surface area contributed by atoms with Crippen molar-refractivity contribution in [2.75, 3.05) is 19.6 Å². The van der Waals surface area contributed by atoms with Crippen LogP contribution in [0.5, 0.6) is 0 Å². The van der Waals surface area contributed by atoms with Crippen LogP contribution in [-0.4, -0.2) is 46.5 Å². The van der Waals surface area contributed by atoms with Gasteiger partial charge in [0.25, 0.3) is 5.69 Å². The van der Waals surface area contributed by atoms with Crippen LogP contribution >= 0.6 is 11.8 Å². The van der Waals surface area contributed by atoms with Crippen molar-refractivity contribution in [1.29, 1.82) is 0 Å². The Bertz CT molecular complexity index is 642. The zero-order valence-electron chi connectivity index (χ0n) is 15.1. The van der Waals surface area contributed by atoms with E-state index in [4.69, 9.17) is 0 Å². The smallest absolute Gasteiger partial charge is 0.269 e. The Morgan fingerprint density at radius 3 is 2.46 bits per heavy atom. The third kappa shape index (κ3) is 5.45. The molecule has 2 amide bonds. The Hall–Kier alpha value is -2.09. The number of amides is 2. The normalized spacial score (nSPS) is 16.2. The minimum absolute atomic E-state index is 0.0109. The highest BCUT2D eigenvalue weighted by atomic mass is 32.2. The van der Waals surface area contributed by atoms with Crippen molar-refractivity contribution in [3.05, 3.63) is 34.4 Å². The van der Waals surface area contributed by atoms with Crippen LogP contribution in [0.3, 0.4) is 0 Å². The first-order chi connectivity index (χ1) is 12.4. The molecule has 0 aliphatic carbocycles. The quantitative estimate of drug-likeness (QED) is 0.447. The predicted molar refractivity (Wildman–Crippen MR) is 101 cm³/mol. The van der Waals surface area contributed by atoms with E-state index in [-0.39, 0.29) is 28.7 Å². The molecule has 1 heterocycles. The van der Waals surface area contributed by atoms with Crippen LogP contribution < -0.4 is 5.32 Å². The topological polar surface area (TPSA) is 92.6 Å². The molecule has 1 aromatic rings. The number of nitro benzene ring substituents is 1. The summed E-state index contributed by atoms with van der Waals surface area (Å²) < 4.78 is 0. The molecule has 0 bridgehead atoms. The first-order valence-electron chi connectivity index (χ1n) is 8.90. The summed E-state index contributed by atoms with van der Waals surface area (Å²) in [5, 5.41) is 13.3. The molecule has 7 nitrogen and oxygen atoms in total. The van der Waals surface area contributed by atoms with Crippen molar-refractivity contribution in [1.82, 2.24) is 10.2 Å². The van der Waals surface area contributed by atoms with Gasteiger partial charge in [-0.25, -0.2) is 0 Å². The Kier molecular flexibility index (Phi) is 7.44. The molecular formula is C18H25N3O4S. The van der Waals surface area contributed by atoms with E-state index in [1.165, 1.54) is 23.9 Å². The van der Waals surface area contributed by atoms with Crippen LogP contribution in [0.15, 0.2) is 29.2 Å². The van der Waals surface area contributed by atoms with Gasteiger partial charge in [-0.3, -0.25) is 19.7 Å². The number of nitro groups is 1. The van der Waals surface area contributed by atoms with E-state index in [2.05, 4.69) is 5.32 Å². The summed E-state index contributed by atoms with van der Waals surface area (Å²) in [5.41, 5.74) is 0.0387. The summed E-state index contributed by atoms with van der Waals surface area (Å²) in [7, 11) is 0. The van der Waals surface area contributed by atoms with Crippen LogP contribution in [0.2, 0.25) is 0 Å². The largest absolute Gasteiger partial charge is 0.356 e. The lowest BCUT2D eigenvalue weighted by Crippen LogP contribution is -2.45. The van der Waals surface area contributed by atoms with Crippen molar-refractivity contribution in [2.45, 2.75) is 43.3 Å². The number of benzene rings is 1. The van der Waals surface area contributed by atoms with Gasteiger partial charge in [0.1, 0.15) is 0 Å². The van der Waals surface area contributed by atoms with Gasteiger partial charge in [-0.15, -0.1) is 11.8 Å². The number of likely N-dealkylation sites (tertiary alicyclic amines) is 1. The maximum atomic E-state index is 12.6. The number of nitrogens with zero attached hydrogens (tertiary/aromatic N) is 2. The van der Waals surface area contributed by atoms with E-state index in [0.29, 0.717) is 32.5 Å². The molecule has 1 atom stereocenters. The number of piperidine rings is 1. The molecule has 1 aliphatic heterocycles. The zero-order chi connectivity index (χ0) is 19.1. The molecule has 1 unspecified atom stereocenters. The van der Waals surface area contributed by atoms with Gasteiger partial charge in [0.2, 0.25) is 11.8 Å². The second-order valence-electron chi connectivity index (χ2n) is 6.40. The molecule has 2 rings (SSSR count). The molecule has 0 saturated carbocycles. The van der Waals surface area contributed by atoms with Crippen LogP contribution in [0.25, 0.3) is 0 Å². The number of hydrogen-bond acceptors (Lipinski definition) is 5. The fourth-order valence-corrected chi connectivity index (χ4v) is 3.86. The third-order valence-electron chi connectivity index (χ3n) is 4.43. The molecule has 1 saturated heterocycles. The van der Waals surface area contributed by atoms with Gasteiger partial charge in [0.15, 0.2) is 0 Å². The molecular weight excluding hydrogens is 354 g/mol. The fraction of sp³-hybridized carbons (Fsp3) is 0.556. The lowest BCUT2D eigenvalue weighted by Gasteiger charge is -2.32. The minimum Gasteiger partial charge on any atom is -0.356 e. The SMILES string of the molecule is CCCNC(=O)C1CCN(C(=O)C(C)Sc2ccc([N+](=O)[O-])cc2)CC1. The number of carbonyl (C=O) groups excluding carboxylic acids is 2. The van der Waals surface area contributed by atoms with Crippen molar-refractivity contribution in [3.8, 4) is 0 Å². The molecule has 1 aromatic carbocycles. The second kappa shape index (κ2) is 9.56. The van der Waals surface area contributed by atoms with E-state index in [9.17, 15) is 19.7 Å². The molecule has 0 spiro atoms. The predicted octanol–water partition coefficient (Wildman–Crippen LogP) is 2.84. The number of rotatable bonds is 7. The number of carbonyl (C=O) groups is 2. The highest BCUT2D eigenvalue weighted by Crippen LogP contribution is 2.27. The summed E-state index contributed by atoms with van der Waals surface area (Å²) >= 11 is 1.39. The van der Waals surface area contributed by atoms with Crippen LogP contribution in [0, 0.1) is 16.0 Å². The van der Waals surface area contributed by atoms with Gasteiger partial charge in [0, 0.05) is 42.6 Å². The summed E-state index contributed by atoms with van der Waals surface area (Å²) in [5.74, 6) is 0.122. The fourth-order valence-electron chi connectivity index (χ4n) is 2.91. The number of hydrogen-bond donors (Lipinski definition) is 1. The standard InChI is InChI=1S/C18H25N3O4S/c1-3-10-19-17(22)14-8-11-20(12-9-14)18(23)13(2)26-16-6-4-15(5-7-16)21(24)25/h4-7,13-14H,3,8-12H2,1-2H3,(H,19,22). The van der Waals surface area contributed by atoms with Crippen LogP contribution in [0.1, 0.15) is 33.1 Å². The van der Waals surface area contributed by atoms with Gasteiger partial charge in [-0.2, -0.15) is 0 Å². The number of non-ortho nitro benzene ring substituents is 1. The third-order valence-corrected chi connectivity index (χ3v) is 5.53. The molecule has 1 N–H and O–H groups in total. The van der Waals surface area contributed by atoms with E-state index >= 15 is 0 Å². The van der Waals surface area contributed by atoms with E-state index in [1.807, 2.05) is 18.7 Å². The van der Waals surface area contributed by atoms with E-state index < -0.39 is 4.92 Å². The van der Waals surface area contributed by atoms with Crippen LogP contribution in [0.4, 0.5) is 5.69 Å². The van der Waals surface area contributed by atoms with Gasteiger partial charge in [-0.05, 0) is 38.3 Å². The molecule has 1 fully saturated rings. The van der Waals surface area contributed by atoms with E-state index in [0.717, 1.165) is 11.3 Å². The summed E-state index contributed by atoms with van der Waals surface area (Å²) in [6.07, 6.45) is 2.30. The molecule has 26 heavy (non-hydrogen) atoms. The Balaban J connectivity index is 1.83. The first-order valence-corrected chi connectivity index (χ1v) is 9.78. The molecule has 1 aliphatic rings. The highest BCUT2D eigenvalue weighted by Gasteiger charge is 2.29. The van der Waals surface area contributed by atoms with Crippen molar-refractivity contribution >= 4 is 29.3 Å². The average molecular weight is 379 g/mol. The lowest BCUT2D eigenvalue weighted by atomic mass is 9.95. The van der Waals surface area contributed by atoms with Crippen molar-refractivity contribution < 1.29 is 14.5 Å². The van der Waals surface area contributed by atoms with Gasteiger partial charge < -0.3 is 10.2 Å². The summed E-state index contributed by atoms with van der Waals surface area (Å²) in [6.45, 7) is 5.74. The molecule has 0 aromatic heterocycles. The van der Waals surface area contributed by atoms with Crippen LogP contribution in [-0.2, 0) is 9.59 Å². The lowest BCUT2D eigenvalue weighted by molar-refractivity contribution is -0.384. The maximum absolute atomic E-state index is 12.6.